The van der Waals surface area contributed by atoms with Gasteiger partial charge in [0.15, 0.2) is 0 Å². The highest BCUT2D eigenvalue weighted by Gasteiger charge is 2.33. The molecule has 0 spiro atoms. The van der Waals surface area contributed by atoms with Crippen LogP contribution in [0.1, 0.15) is 39.5 Å². The summed E-state index contributed by atoms with van der Waals surface area (Å²) >= 11 is 0. The van der Waals surface area contributed by atoms with Crippen molar-refractivity contribution in [3.63, 3.8) is 0 Å². The lowest BCUT2D eigenvalue weighted by Gasteiger charge is -2.33. The average molecular weight is 210 g/mol. The first kappa shape index (κ1) is 12.4. The Hall–Kier alpha value is -0.630. The molecule has 0 aromatic rings. The zero-order chi connectivity index (χ0) is 11.4. The summed E-state index contributed by atoms with van der Waals surface area (Å²) in [6.45, 7) is 8.22. The molecule has 0 amide bonds. The highest BCUT2D eigenvalue weighted by atomic mass is 16.2. The van der Waals surface area contributed by atoms with E-state index in [0.717, 1.165) is 24.8 Å². The summed E-state index contributed by atoms with van der Waals surface area (Å²) in [4.78, 5) is 11.8. The van der Waals surface area contributed by atoms with Gasteiger partial charge in [-0.3, -0.25) is 4.79 Å². The summed E-state index contributed by atoms with van der Waals surface area (Å²) in [5.41, 5.74) is 1.13. The molecule has 0 saturated heterocycles. The van der Waals surface area contributed by atoms with Gasteiger partial charge in [-0.1, -0.05) is 19.1 Å². The molecule has 0 aliphatic heterocycles. The molecule has 15 heavy (non-hydrogen) atoms. The number of hydrogen-bond donors (Lipinski definition) is 1. The average Bonchev–Trinajstić information content (AvgIpc) is 2.19. The van der Waals surface area contributed by atoms with Crippen molar-refractivity contribution in [2.24, 2.45) is 17.8 Å². The molecular formula is C13H22O2. The number of hydrogen-bond acceptors (Lipinski definition) is 2. The van der Waals surface area contributed by atoms with Gasteiger partial charge in [0.25, 0.3) is 0 Å². The van der Waals surface area contributed by atoms with Crippen LogP contribution >= 0.6 is 0 Å². The van der Waals surface area contributed by atoms with Crippen LogP contribution in [0.4, 0.5) is 0 Å². The van der Waals surface area contributed by atoms with Gasteiger partial charge >= 0.3 is 0 Å². The van der Waals surface area contributed by atoms with E-state index in [1.807, 2.05) is 13.8 Å². The van der Waals surface area contributed by atoms with Crippen LogP contribution in [-0.2, 0) is 4.79 Å². The van der Waals surface area contributed by atoms with Gasteiger partial charge in [-0.15, -0.1) is 0 Å². The summed E-state index contributed by atoms with van der Waals surface area (Å²) in [6.07, 6.45) is 3.52. The summed E-state index contributed by atoms with van der Waals surface area (Å²) in [5.74, 6) is 1.36. The number of allylic oxidation sites excluding steroid dienone is 1. The molecule has 2 nitrogen and oxygen atoms in total. The lowest BCUT2D eigenvalue weighted by atomic mass is 9.70. The second-order valence-electron chi connectivity index (χ2n) is 4.86. The van der Waals surface area contributed by atoms with Crippen LogP contribution in [0.15, 0.2) is 12.2 Å². The maximum atomic E-state index is 11.8. The van der Waals surface area contributed by atoms with Gasteiger partial charge < -0.3 is 5.11 Å². The first-order chi connectivity index (χ1) is 7.06. The molecule has 1 aliphatic rings. The Morgan fingerprint density at radius 3 is 2.80 bits per heavy atom. The molecule has 2 heteroatoms. The molecule has 0 aromatic carbocycles. The van der Waals surface area contributed by atoms with Crippen LogP contribution in [0, 0.1) is 17.8 Å². The van der Waals surface area contributed by atoms with Crippen molar-refractivity contribution in [3.05, 3.63) is 12.2 Å². The van der Waals surface area contributed by atoms with E-state index in [1.165, 1.54) is 0 Å². The van der Waals surface area contributed by atoms with Crippen LogP contribution in [0.5, 0.6) is 0 Å². The minimum atomic E-state index is 0.173. The molecule has 1 rings (SSSR count). The molecule has 0 heterocycles. The molecule has 0 radical (unpaired) electrons. The molecule has 1 saturated carbocycles. The van der Waals surface area contributed by atoms with E-state index in [9.17, 15) is 4.79 Å². The van der Waals surface area contributed by atoms with Crippen LogP contribution in [0.3, 0.4) is 0 Å². The van der Waals surface area contributed by atoms with E-state index in [-0.39, 0.29) is 12.5 Å². The molecule has 1 aliphatic carbocycles. The van der Waals surface area contributed by atoms with Gasteiger partial charge in [0.05, 0.1) is 0 Å². The SMILES string of the molecule is C=C(C)C1CC(=O)C(C)[C@@H](CCCO)C1. The summed E-state index contributed by atoms with van der Waals surface area (Å²) in [7, 11) is 0. The quantitative estimate of drug-likeness (QED) is 0.724. The zero-order valence-corrected chi connectivity index (χ0v) is 9.83. The van der Waals surface area contributed by atoms with Crippen LogP contribution in [0.25, 0.3) is 0 Å². The fourth-order valence-electron chi connectivity index (χ4n) is 2.44. The van der Waals surface area contributed by atoms with Crippen molar-refractivity contribution in [2.75, 3.05) is 6.61 Å². The van der Waals surface area contributed by atoms with Crippen molar-refractivity contribution in [3.8, 4) is 0 Å². The fraction of sp³-hybridized carbons (Fsp3) is 0.769. The Morgan fingerprint density at radius 1 is 1.60 bits per heavy atom. The number of rotatable bonds is 4. The van der Waals surface area contributed by atoms with E-state index < -0.39 is 0 Å². The van der Waals surface area contributed by atoms with Gasteiger partial charge in [0, 0.05) is 18.9 Å². The number of carbonyl (C=O) groups excluding carboxylic acids is 1. The van der Waals surface area contributed by atoms with Crippen molar-refractivity contribution < 1.29 is 9.90 Å². The van der Waals surface area contributed by atoms with Crippen LogP contribution in [-0.4, -0.2) is 17.5 Å². The lowest BCUT2D eigenvalue weighted by molar-refractivity contribution is -0.127. The third kappa shape index (κ3) is 3.16. The van der Waals surface area contributed by atoms with Gasteiger partial charge in [-0.25, -0.2) is 0 Å². The van der Waals surface area contributed by atoms with Crippen LogP contribution in [0.2, 0.25) is 0 Å². The highest BCUT2D eigenvalue weighted by Crippen LogP contribution is 2.36. The van der Waals surface area contributed by atoms with E-state index in [1.54, 1.807) is 0 Å². The first-order valence-corrected chi connectivity index (χ1v) is 5.85. The predicted octanol–water partition coefficient (Wildman–Crippen LogP) is 2.57. The highest BCUT2D eigenvalue weighted by molar-refractivity contribution is 5.82. The molecule has 2 unspecified atom stereocenters. The first-order valence-electron chi connectivity index (χ1n) is 5.85. The molecular weight excluding hydrogens is 188 g/mol. The number of carbonyl (C=O) groups is 1. The Kier molecular flexibility index (Phi) is 4.52. The Balaban J connectivity index is 2.60. The summed E-state index contributed by atoms with van der Waals surface area (Å²) in [6, 6.07) is 0. The number of ketones is 1. The zero-order valence-electron chi connectivity index (χ0n) is 9.83. The van der Waals surface area contributed by atoms with E-state index in [0.29, 0.717) is 24.0 Å². The molecule has 1 fully saturated rings. The van der Waals surface area contributed by atoms with Crippen molar-refractivity contribution in [2.45, 2.75) is 39.5 Å². The Labute approximate surface area is 92.4 Å². The topological polar surface area (TPSA) is 37.3 Å². The van der Waals surface area contributed by atoms with Gasteiger partial charge in [-0.05, 0) is 38.0 Å². The van der Waals surface area contributed by atoms with E-state index in [4.69, 9.17) is 5.11 Å². The Morgan fingerprint density at radius 2 is 2.27 bits per heavy atom. The third-order valence-electron chi connectivity index (χ3n) is 3.68. The lowest BCUT2D eigenvalue weighted by Crippen LogP contribution is -2.31. The molecule has 0 bridgehead atoms. The molecule has 86 valence electrons. The molecule has 3 atom stereocenters. The summed E-state index contributed by atoms with van der Waals surface area (Å²) < 4.78 is 0. The number of Topliss-reactive ketones (excluding diaryl/α,β-unsaturated/α-hetero) is 1. The fourth-order valence-corrected chi connectivity index (χ4v) is 2.44. The maximum Gasteiger partial charge on any atom is 0.136 e. The largest absolute Gasteiger partial charge is 0.396 e. The maximum absolute atomic E-state index is 11.8. The molecule has 1 N–H and O–H groups in total. The number of aliphatic hydroxyl groups excluding tert-OH is 1. The van der Waals surface area contributed by atoms with Gasteiger partial charge in [0.1, 0.15) is 5.78 Å². The standard InChI is InChI=1S/C13H22O2/c1-9(2)12-7-11(5-4-6-14)10(3)13(15)8-12/h10-12,14H,1,4-8H2,2-3H3/t10?,11-,12?/m0/s1. The molecule has 0 aromatic heterocycles. The van der Waals surface area contributed by atoms with Gasteiger partial charge in [-0.2, -0.15) is 0 Å². The second-order valence-corrected chi connectivity index (χ2v) is 4.86. The Bertz CT molecular complexity index is 245. The number of aliphatic hydroxyl groups is 1. The van der Waals surface area contributed by atoms with Crippen LogP contribution < -0.4 is 0 Å². The van der Waals surface area contributed by atoms with Crippen molar-refractivity contribution in [1.29, 1.82) is 0 Å². The smallest absolute Gasteiger partial charge is 0.136 e. The monoisotopic (exact) mass is 210 g/mol. The predicted molar refractivity (Wildman–Crippen MR) is 61.5 cm³/mol. The van der Waals surface area contributed by atoms with E-state index in [2.05, 4.69) is 6.58 Å². The third-order valence-corrected chi connectivity index (χ3v) is 3.68. The van der Waals surface area contributed by atoms with Gasteiger partial charge in [0.2, 0.25) is 0 Å². The minimum Gasteiger partial charge on any atom is -0.396 e. The normalized spacial score (nSPS) is 31.7. The second kappa shape index (κ2) is 5.45. The van der Waals surface area contributed by atoms with Crippen molar-refractivity contribution >= 4 is 5.78 Å². The summed E-state index contributed by atoms with van der Waals surface area (Å²) in [5, 5.41) is 8.82. The van der Waals surface area contributed by atoms with E-state index >= 15 is 0 Å². The minimum absolute atomic E-state index is 0.173. The van der Waals surface area contributed by atoms with Crippen molar-refractivity contribution in [1.82, 2.24) is 0 Å².